The molecule has 0 aromatic heterocycles. The normalized spacial score (nSPS) is 19.3. The largest absolute Gasteiger partial charge is 0.396 e. The molecule has 1 heterocycles. The van der Waals surface area contributed by atoms with Crippen molar-refractivity contribution >= 4 is 21.6 Å². The van der Waals surface area contributed by atoms with Gasteiger partial charge in [-0.1, -0.05) is 19.9 Å². The van der Waals surface area contributed by atoms with E-state index in [1.54, 1.807) is 0 Å². The summed E-state index contributed by atoms with van der Waals surface area (Å²) in [4.78, 5) is 2.39. The van der Waals surface area contributed by atoms with E-state index in [0.29, 0.717) is 18.4 Å². The predicted molar refractivity (Wildman–Crippen MR) is 92.7 cm³/mol. The van der Waals surface area contributed by atoms with Gasteiger partial charge in [0.15, 0.2) is 0 Å². The molecular weight excluding hydrogens is 328 g/mol. The van der Waals surface area contributed by atoms with Gasteiger partial charge in [0.25, 0.3) is 0 Å². The lowest BCUT2D eigenvalue weighted by atomic mass is 9.98. The van der Waals surface area contributed by atoms with Gasteiger partial charge >= 0.3 is 0 Å². The van der Waals surface area contributed by atoms with Crippen LogP contribution in [0.2, 0.25) is 0 Å². The third kappa shape index (κ3) is 4.97. The molecular formula is C17H27BrN2O. The third-order valence-electron chi connectivity index (χ3n) is 4.01. The average Bonchev–Trinajstić information content (AvgIpc) is 2.47. The minimum atomic E-state index is 0.297. The van der Waals surface area contributed by atoms with Crippen molar-refractivity contribution in [3.63, 3.8) is 0 Å². The number of aliphatic hydroxyl groups is 1. The predicted octanol–water partition coefficient (Wildman–Crippen LogP) is 3.40. The maximum absolute atomic E-state index is 9.36. The van der Waals surface area contributed by atoms with Crippen LogP contribution in [-0.2, 0) is 6.54 Å². The molecule has 1 atom stereocenters. The maximum atomic E-state index is 9.36. The van der Waals surface area contributed by atoms with Crippen molar-refractivity contribution in [2.24, 2.45) is 11.8 Å². The molecule has 1 fully saturated rings. The molecule has 1 aromatic rings. The Kier molecular flexibility index (Phi) is 6.52. The van der Waals surface area contributed by atoms with E-state index in [-0.39, 0.29) is 0 Å². The molecule has 21 heavy (non-hydrogen) atoms. The van der Waals surface area contributed by atoms with Crippen molar-refractivity contribution in [1.82, 2.24) is 5.32 Å². The summed E-state index contributed by atoms with van der Waals surface area (Å²) in [6.45, 7) is 8.74. The number of rotatable bonds is 6. The van der Waals surface area contributed by atoms with E-state index in [1.807, 2.05) is 0 Å². The van der Waals surface area contributed by atoms with E-state index in [1.165, 1.54) is 11.3 Å². The van der Waals surface area contributed by atoms with Crippen LogP contribution in [0.5, 0.6) is 0 Å². The number of halogens is 1. The van der Waals surface area contributed by atoms with Crippen LogP contribution in [0.1, 0.15) is 32.3 Å². The van der Waals surface area contributed by atoms with E-state index < -0.39 is 0 Å². The van der Waals surface area contributed by atoms with Crippen LogP contribution >= 0.6 is 15.9 Å². The number of hydrogen-bond acceptors (Lipinski definition) is 3. The lowest BCUT2D eigenvalue weighted by Crippen LogP contribution is -2.37. The Balaban J connectivity index is 1.98. The number of anilines is 1. The highest BCUT2D eigenvalue weighted by molar-refractivity contribution is 9.10. The summed E-state index contributed by atoms with van der Waals surface area (Å²) in [6.07, 6.45) is 2.30. The second-order valence-corrected chi connectivity index (χ2v) is 7.30. The molecule has 1 aliphatic heterocycles. The quantitative estimate of drug-likeness (QED) is 0.821. The summed E-state index contributed by atoms with van der Waals surface area (Å²) in [5, 5.41) is 12.8. The number of hydrogen-bond donors (Lipinski definition) is 2. The zero-order valence-corrected chi connectivity index (χ0v) is 14.7. The molecule has 0 radical (unpaired) electrons. The average molecular weight is 355 g/mol. The highest BCUT2D eigenvalue weighted by atomic mass is 79.9. The smallest absolute Gasteiger partial charge is 0.0510 e. The van der Waals surface area contributed by atoms with E-state index in [9.17, 15) is 5.11 Å². The minimum absolute atomic E-state index is 0.297. The molecule has 1 unspecified atom stereocenters. The van der Waals surface area contributed by atoms with Gasteiger partial charge in [0.05, 0.1) is 5.69 Å². The Labute approximate surface area is 136 Å². The molecule has 1 aromatic carbocycles. The summed E-state index contributed by atoms with van der Waals surface area (Å²) < 4.78 is 1.16. The molecule has 0 spiro atoms. The van der Waals surface area contributed by atoms with E-state index >= 15 is 0 Å². The summed E-state index contributed by atoms with van der Waals surface area (Å²) >= 11 is 3.71. The first-order valence-electron chi connectivity index (χ1n) is 7.95. The van der Waals surface area contributed by atoms with Crippen LogP contribution in [0.25, 0.3) is 0 Å². The van der Waals surface area contributed by atoms with E-state index in [2.05, 4.69) is 58.2 Å². The zero-order chi connectivity index (χ0) is 15.2. The van der Waals surface area contributed by atoms with Crippen LogP contribution in [0.4, 0.5) is 5.69 Å². The molecule has 4 heteroatoms. The lowest BCUT2D eigenvalue weighted by Gasteiger charge is -2.34. The first-order chi connectivity index (χ1) is 10.1. The van der Waals surface area contributed by atoms with Crippen LogP contribution in [0.15, 0.2) is 22.7 Å². The molecule has 3 nitrogen and oxygen atoms in total. The van der Waals surface area contributed by atoms with Crippen molar-refractivity contribution in [3.05, 3.63) is 28.2 Å². The van der Waals surface area contributed by atoms with Crippen molar-refractivity contribution < 1.29 is 5.11 Å². The molecule has 0 bridgehead atoms. The zero-order valence-electron chi connectivity index (χ0n) is 13.1. The fourth-order valence-electron chi connectivity index (χ4n) is 2.85. The van der Waals surface area contributed by atoms with Gasteiger partial charge in [-0.25, -0.2) is 0 Å². The SMILES string of the molecule is CC(C)CNCc1ccc(N2CCCC(CO)C2)c(Br)c1. The standard InChI is InChI=1S/C17H27BrN2O/c1-13(2)9-19-10-14-5-6-17(16(18)8-14)20-7-3-4-15(11-20)12-21/h5-6,8,13,15,19,21H,3-4,7,9-12H2,1-2H3. The van der Waals surface area contributed by atoms with E-state index in [4.69, 9.17) is 0 Å². The second-order valence-electron chi connectivity index (χ2n) is 6.45. The second kappa shape index (κ2) is 8.16. The van der Waals surface area contributed by atoms with Crippen LogP contribution in [0.3, 0.4) is 0 Å². The molecule has 2 N–H and O–H groups in total. The van der Waals surface area contributed by atoms with Gasteiger partial charge < -0.3 is 15.3 Å². The molecule has 0 aliphatic carbocycles. The number of nitrogens with zero attached hydrogens (tertiary/aromatic N) is 1. The van der Waals surface area contributed by atoms with Crippen LogP contribution in [-0.4, -0.2) is 31.3 Å². The summed E-state index contributed by atoms with van der Waals surface area (Å²) in [5.41, 5.74) is 2.56. The number of nitrogens with one attached hydrogen (secondary N) is 1. The van der Waals surface area contributed by atoms with Gasteiger partial charge in [-0.2, -0.15) is 0 Å². The highest BCUT2D eigenvalue weighted by Gasteiger charge is 2.20. The summed E-state index contributed by atoms with van der Waals surface area (Å²) in [6, 6.07) is 6.62. The Morgan fingerprint density at radius 1 is 1.43 bits per heavy atom. The Hall–Kier alpha value is -0.580. The maximum Gasteiger partial charge on any atom is 0.0510 e. The van der Waals surface area contributed by atoms with Crippen molar-refractivity contribution in [1.29, 1.82) is 0 Å². The first kappa shape index (κ1) is 16.8. The Bertz CT molecular complexity index is 450. The lowest BCUT2D eigenvalue weighted by molar-refractivity contribution is 0.208. The molecule has 0 amide bonds. The molecule has 1 aliphatic rings. The molecule has 0 saturated carbocycles. The van der Waals surface area contributed by atoms with Crippen molar-refractivity contribution in [3.8, 4) is 0 Å². The summed E-state index contributed by atoms with van der Waals surface area (Å²) in [5.74, 6) is 1.09. The fourth-order valence-corrected chi connectivity index (χ4v) is 3.53. The Morgan fingerprint density at radius 3 is 2.90 bits per heavy atom. The van der Waals surface area contributed by atoms with Crippen molar-refractivity contribution in [2.75, 3.05) is 31.1 Å². The Morgan fingerprint density at radius 2 is 2.24 bits per heavy atom. The summed E-state index contributed by atoms with van der Waals surface area (Å²) in [7, 11) is 0. The van der Waals surface area contributed by atoms with Gasteiger partial charge in [0.1, 0.15) is 0 Å². The van der Waals surface area contributed by atoms with Gasteiger partial charge in [0, 0.05) is 30.7 Å². The van der Waals surface area contributed by atoms with Gasteiger partial charge in [0.2, 0.25) is 0 Å². The molecule has 1 saturated heterocycles. The van der Waals surface area contributed by atoms with Crippen LogP contribution < -0.4 is 10.2 Å². The highest BCUT2D eigenvalue weighted by Crippen LogP contribution is 2.30. The molecule has 118 valence electrons. The van der Waals surface area contributed by atoms with E-state index in [0.717, 1.165) is 43.5 Å². The fraction of sp³-hybridized carbons (Fsp3) is 0.647. The molecule has 2 rings (SSSR count). The first-order valence-corrected chi connectivity index (χ1v) is 8.74. The number of benzene rings is 1. The van der Waals surface area contributed by atoms with Crippen LogP contribution in [0, 0.1) is 11.8 Å². The number of aliphatic hydroxyl groups excluding tert-OH is 1. The van der Waals surface area contributed by atoms with Gasteiger partial charge in [-0.3, -0.25) is 0 Å². The van der Waals surface area contributed by atoms with Gasteiger partial charge in [-0.05, 0) is 64.8 Å². The third-order valence-corrected chi connectivity index (χ3v) is 4.65. The van der Waals surface area contributed by atoms with Gasteiger partial charge in [-0.15, -0.1) is 0 Å². The minimum Gasteiger partial charge on any atom is -0.396 e. The van der Waals surface area contributed by atoms with Crippen molar-refractivity contribution in [2.45, 2.75) is 33.2 Å². The number of piperidine rings is 1. The topological polar surface area (TPSA) is 35.5 Å². The monoisotopic (exact) mass is 354 g/mol.